The third-order valence-corrected chi connectivity index (χ3v) is 5.66. The highest BCUT2D eigenvalue weighted by Gasteiger charge is 2.25. The van der Waals surface area contributed by atoms with Crippen molar-refractivity contribution in [2.45, 2.75) is 47.1 Å². The average Bonchev–Trinajstić information content (AvgIpc) is 2.79. The van der Waals surface area contributed by atoms with Crippen LogP contribution in [0, 0.1) is 5.41 Å². The lowest BCUT2D eigenvalue weighted by Crippen LogP contribution is -2.20. The number of rotatable bonds is 9. The molecule has 0 radical (unpaired) electrons. The number of halogens is 3. The third kappa shape index (κ3) is 6.06. The predicted molar refractivity (Wildman–Crippen MR) is 129 cm³/mol. The molecule has 0 fully saturated rings. The first-order chi connectivity index (χ1) is 16.4. The summed E-state index contributed by atoms with van der Waals surface area (Å²) in [6.07, 6.45) is 0.588. The minimum atomic E-state index is -3.15. The second-order valence-electron chi connectivity index (χ2n) is 9.00. The van der Waals surface area contributed by atoms with Gasteiger partial charge in [-0.2, -0.15) is 8.78 Å². The Balaban J connectivity index is 2.17. The zero-order valence-electron chi connectivity index (χ0n) is 19.8. The van der Waals surface area contributed by atoms with E-state index >= 15 is 0 Å². The Labute approximate surface area is 206 Å². The molecule has 3 rings (SSSR count). The number of nitrogens with zero attached hydrogens (tertiary/aromatic N) is 1. The number of aliphatic carboxylic acids is 1. The van der Waals surface area contributed by atoms with Gasteiger partial charge in [0.05, 0.1) is 15.9 Å². The van der Waals surface area contributed by atoms with Crippen LogP contribution in [0.25, 0.3) is 10.9 Å². The summed E-state index contributed by atoms with van der Waals surface area (Å²) in [5, 5.41) is 9.28. The molecular formula is C26H26ClF2NO5. The van der Waals surface area contributed by atoms with Crippen LogP contribution in [0.5, 0.6) is 11.5 Å². The van der Waals surface area contributed by atoms with Gasteiger partial charge < -0.3 is 14.6 Å². The summed E-state index contributed by atoms with van der Waals surface area (Å²) in [5.41, 5.74) is 1.84. The van der Waals surface area contributed by atoms with Crippen molar-refractivity contribution in [1.82, 2.24) is 4.98 Å². The second kappa shape index (κ2) is 10.6. The molecule has 1 heterocycles. The summed E-state index contributed by atoms with van der Waals surface area (Å²) in [5.74, 6) is -1.39. The smallest absolute Gasteiger partial charge is 0.387 e. The molecule has 0 spiro atoms. The molecule has 0 aliphatic heterocycles. The second-order valence-corrected chi connectivity index (χ2v) is 9.41. The number of aromatic nitrogens is 1. The molecule has 0 amide bonds. The van der Waals surface area contributed by atoms with Gasteiger partial charge in [0.1, 0.15) is 11.5 Å². The first-order valence-electron chi connectivity index (χ1n) is 11.0. The Morgan fingerprint density at radius 2 is 1.77 bits per heavy atom. The lowest BCUT2D eigenvalue weighted by Gasteiger charge is -2.20. The van der Waals surface area contributed by atoms with Crippen molar-refractivity contribution in [3.63, 3.8) is 0 Å². The Bertz CT molecular complexity index is 1250. The first-order valence-corrected chi connectivity index (χ1v) is 11.4. The van der Waals surface area contributed by atoms with E-state index in [1.54, 1.807) is 24.3 Å². The van der Waals surface area contributed by atoms with Gasteiger partial charge >= 0.3 is 12.6 Å². The van der Waals surface area contributed by atoms with E-state index in [0.29, 0.717) is 23.2 Å². The number of carbonyl (C=O) groups is 2. The maximum Gasteiger partial charge on any atom is 0.387 e. The van der Waals surface area contributed by atoms with Crippen molar-refractivity contribution in [3.05, 3.63) is 63.8 Å². The van der Waals surface area contributed by atoms with Crippen LogP contribution in [0.1, 0.15) is 54.9 Å². The number of hydrogen-bond donors (Lipinski definition) is 1. The van der Waals surface area contributed by atoms with E-state index in [0.717, 1.165) is 5.56 Å². The van der Waals surface area contributed by atoms with Gasteiger partial charge in [-0.05, 0) is 24.1 Å². The highest BCUT2D eigenvalue weighted by molar-refractivity contribution is 6.35. The van der Waals surface area contributed by atoms with Crippen molar-refractivity contribution in [2.75, 3.05) is 6.61 Å². The van der Waals surface area contributed by atoms with Crippen molar-refractivity contribution in [2.24, 2.45) is 5.41 Å². The van der Waals surface area contributed by atoms with E-state index in [1.165, 1.54) is 12.1 Å². The molecule has 1 N–H and O–H groups in total. The SMILES string of the molecule is CCc1nc2c(Cl)ccc(OCC(=O)O)c2c(OC(F)F)c1Cc1ccc(C(=O)C(C)(C)C)cc1. The van der Waals surface area contributed by atoms with Crippen molar-refractivity contribution in [3.8, 4) is 11.5 Å². The fourth-order valence-corrected chi connectivity index (χ4v) is 3.92. The molecule has 0 saturated carbocycles. The van der Waals surface area contributed by atoms with Gasteiger partial charge in [0.2, 0.25) is 0 Å². The number of Topliss-reactive ketones (excluding diaryl/α,β-unsaturated/α-hetero) is 1. The minimum absolute atomic E-state index is 0.0118. The largest absolute Gasteiger partial charge is 0.481 e. The van der Waals surface area contributed by atoms with Crippen LogP contribution in [0.15, 0.2) is 36.4 Å². The number of carbonyl (C=O) groups excluding carboxylic acids is 1. The van der Waals surface area contributed by atoms with Crippen LogP contribution >= 0.6 is 11.6 Å². The van der Waals surface area contributed by atoms with Gasteiger partial charge in [0.15, 0.2) is 12.4 Å². The molecular weight excluding hydrogens is 480 g/mol. The molecule has 0 unspecified atom stereocenters. The maximum absolute atomic E-state index is 13.6. The molecule has 0 atom stereocenters. The molecule has 35 heavy (non-hydrogen) atoms. The third-order valence-electron chi connectivity index (χ3n) is 5.36. The predicted octanol–water partition coefficient (Wildman–Crippen LogP) is 6.34. The molecule has 0 aliphatic rings. The molecule has 186 valence electrons. The lowest BCUT2D eigenvalue weighted by atomic mass is 9.86. The monoisotopic (exact) mass is 505 g/mol. The number of carboxylic acid groups (broad SMARTS) is 1. The first kappa shape index (κ1) is 26.3. The van der Waals surface area contributed by atoms with Gasteiger partial charge in [-0.15, -0.1) is 0 Å². The van der Waals surface area contributed by atoms with Crippen molar-refractivity contribution < 1.29 is 33.0 Å². The molecule has 3 aromatic rings. The maximum atomic E-state index is 13.6. The Hall–Kier alpha value is -3.26. The molecule has 2 aromatic carbocycles. The molecule has 9 heteroatoms. The van der Waals surface area contributed by atoms with Gasteiger partial charge in [0, 0.05) is 28.7 Å². The number of alkyl halides is 2. The highest BCUT2D eigenvalue weighted by atomic mass is 35.5. The summed E-state index contributed by atoms with van der Waals surface area (Å²) < 4.78 is 37.4. The van der Waals surface area contributed by atoms with E-state index in [9.17, 15) is 18.4 Å². The molecule has 1 aromatic heterocycles. The van der Waals surface area contributed by atoms with Gasteiger partial charge in [-0.3, -0.25) is 9.78 Å². The average molecular weight is 506 g/mol. The van der Waals surface area contributed by atoms with E-state index in [-0.39, 0.29) is 39.6 Å². The van der Waals surface area contributed by atoms with E-state index in [4.69, 9.17) is 26.2 Å². The molecule has 0 saturated heterocycles. The summed E-state index contributed by atoms with van der Waals surface area (Å²) in [4.78, 5) is 28.2. The number of hydrogen-bond acceptors (Lipinski definition) is 5. The summed E-state index contributed by atoms with van der Waals surface area (Å²) in [6.45, 7) is 3.50. The van der Waals surface area contributed by atoms with Crippen molar-refractivity contribution in [1.29, 1.82) is 0 Å². The van der Waals surface area contributed by atoms with Gasteiger partial charge in [-0.25, -0.2) is 4.79 Å². The minimum Gasteiger partial charge on any atom is -0.481 e. The fourth-order valence-electron chi connectivity index (χ4n) is 3.73. The van der Waals surface area contributed by atoms with E-state index < -0.39 is 24.6 Å². The number of benzene rings is 2. The summed E-state index contributed by atoms with van der Waals surface area (Å²) in [7, 11) is 0. The normalized spacial score (nSPS) is 11.7. The number of carboxylic acids is 1. The van der Waals surface area contributed by atoms with Crippen LogP contribution in [0.4, 0.5) is 8.78 Å². The van der Waals surface area contributed by atoms with E-state index in [1.807, 2.05) is 27.7 Å². The Morgan fingerprint density at radius 3 is 2.31 bits per heavy atom. The topological polar surface area (TPSA) is 85.7 Å². The fraction of sp³-hybridized carbons (Fsp3) is 0.346. The lowest BCUT2D eigenvalue weighted by molar-refractivity contribution is -0.139. The highest BCUT2D eigenvalue weighted by Crippen LogP contribution is 2.42. The van der Waals surface area contributed by atoms with Gasteiger partial charge in [-0.1, -0.05) is 63.6 Å². The zero-order chi connectivity index (χ0) is 25.9. The van der Waals surface area contributed by atoms with Crippen molar-refractivity contribution >= 4 is 34.3 Å². The van der Waals surface area contributed by atoms with Gasteiger partial charge in [0.25, 0.3) is 0 Å². The molecule has 0 bridgehead atoms. The van der Waals surface area contributed by atoms with Crippen LogP contribution < -0.4 is 9.47 Å². The van der Waals surface area contributed by atoms with E-state index in [2.05, 4.69) is 4.98 Å². The Morgan fingerprint density at radius 1 is 1.11 bits per heavy atom. The Kier molecular flexibility index (Phi) is 7.95. The number of aryl methyl sites for hydroxylation is 1. The quantitative estimate of drug-likeness (QED) is 0.342. The van der Waals surface area contributed by atoms with Crippen LogP contribution in [0.3, 0.4) is 0 Å². The van der Waals surface area contributed by atoms with Crippen LogP contribution in [-0.4, -0.2) is 35.1 Å². The number of ketones is 1. The standard InChI is InChI=1S/C26H26ClF2NO5/c1-5-18-16(12-14-6-8-15(9-7-14)24(33)26(2,3)4)23(35-25(28)29)21-19(34-13-20(31)32)11-10-17(27)22(21)30-18/h6-11,25H,5,12-13H2,1-4H3,(H,31,32). The molecule has 0 aliphatic carbocycles. The number of ether oxygens (including phenoxy) is 2. The van der Waals surface area contributed by atoms with Crippen LogP contribution in [-0.2, 0) is 17.6 Å². The number of fused-ring (bicyclic) bond motifs is 1. The number of pyridine rings is 1. The van der Waals surface area contributed by atoms with Crippen LogP contribution in [0.2, 0.25) is 5.02 Å². The zero-order valence-corrected chi connectivity index (χ0v) is 20.6. The molecule has 6 nitrogen and oxygen atoms in total. The summed E-state index contributed by atoms with van der Waals surface area (Å²) in [6, 6.07) is 9.78. The summed E-state index contributed by atoms with van der Waals surface area (Å²) >= 11 is 6.32.